The van der Waals surface area contributed by atoms with Crippen molar-refractivity contribution in [1.29, 1.82) is 0 Å². The predicted molar refractivity (Wildman–Crippen MR) is 54.2 cm³/mol. The first-order valence-corrected chi connectivity index (χ1v) is 4.38. The van der Waals surface area contributed by atoms with Crippen LogP contribution in [0.1, 0.15) is 5.69 Å². The lowest BCUT2D eigenvalue weighted by Crippen LogP contribution is -1.93. The number of hydrogen-bond acceptors (Lipinski definition) is 3. The van der Waals surface area contributed by atoms with Crippen LogP contribution in [0.3, 0.4) is 0 Å². The molecule has 0 saturated heterocycles. The first-order valence-electron chi connectivity index (χ1n) is 4.38. The van der Waals surface area contributed by atoms with Gasteiger partial charge >= 0.3 is 0 Å². The molecule has 14 heavy (non-hydrogen) atoms. The predicted octanol–water partition coefficient (Wildman–Crippen LogP) is 1.74. The number of benzene rings is 1. The summed E-state index contributed by atoms with van der Waals surface area (Å²) < 4.78 is 5.22. The Kier molecular flexibility index (Phi) is 2.33. The van der Waals surface area contributed by atoms with Gasteiger partial charge in [-0.1, -0.05) is 12.1 Å². The van der Waals surface area contributed by atoms with Crippen LogP contribution in [0.2, 0.25) is 0 Å². The van der Waals surface area contributed by atoms with E-state index in [4.69, 9.17) is 9.84 Å². The Morgan fingerprint density at radius 1 is 1.36 bits per heavy atom. The Hall–Kier alpha value is -1.61. The van der Waals surface area contributed by atoms with Crippen LogP contribution in [-0.4, -0.2) is 17.2 Å². The molecule has 0 aliphatic rings. The van der Waals surface area contributed by atoms with Crippen molar-refractivity contribution >= 4 is 10.8 Å². The average molecular weight is 189 g/mol. The number of aromatic nitrogens is 1. The quantitative estimate of drug-likeness (QED) is 0.782. The van der Waals surface area contributed by atoms with Crippen molar-refractivity contribution in [2.75, 3.05) is 7.11 Å². The van der Waals surface area contributed by atoms with Gasteiger partial charge in [0.05, 0.1) is 19.4 Å². The van der Waals surface area contributed by atoms with E-state index >= 15 is 0 Å². The van der Waals surface area contributed by atoms with Gasteiger partial charge in [0.1, 0.15) is 5.75 Å². The lowest BCUT2D eigenvalue weighted by atomic mass is 10.1. The maximum Gasteiger partial charge on any atom is 0.128 e. The molecule has 0 atom stereocenters. The number of aliphatic hydroxyl groups excluding tert-OH is 1. The number of pyridine rings is 1. The molecule has 0 unspecified atom stereocenters. The SMILES string of the molecule is COc1cccc2ccnc(CO)c12. The minimum absolute atomic E-state index is 0.0717. The van der Waals surface area contributed by atoms with Crippen molar-refractivity contribution in [2.45, 2.75) is 6.61 Å². The van der Waals surface area contributed by atoms with E-state index in [2.05, 4.69) is 4.98 Å². The van der Waals surface area contributed by atoms with E-state index in [1.54, 1.807) is 13.3 Å². The molecule has 3 heteroatoms. The van der Waals surface area contributed by atoms with Crippen LogP contribution in [0.25, 0.3) is 10.8 Å². The van der Waals surface area contributed by atoms with Gasteiger partial charge in [0.15, 0.2) is 0 Å². The van der Waals surface area contributed by atoms with E-state index in [1.165, 1.54) is 0 Å². The van der Waals surface area contributed by atoms with Gasteiger partial charge < -0.3 is 9.84 Å². The van der Waals surface area contributed by atoms with Crippen LogP contribution in [-0.2, 0) is 6.61 Å². The number of methoxy groups -OCH3 is 1. The lowest BCUT2D eigenvalue weighted by Gasteiger charge is -2.07. The summed E-state index contributed by atoms with van der Waals surface area (Å²) in [5.41, 5.74) is 0.653. The molecule has 1 aromatic heterocycles. The van der Waals surface area contributed by atoms with Crippen LogP contribution in [0.15, 0.2) is 30.5 Å². The second-order valence-corrected chi connectivity index (χ2v) is 2.97. The fourth-order valence-corrected chi connectivity index (χ4v) is 1.56. The number of rotatable bonds is 2. The molecule has 0 radical (unpaired) electrons. The molecule has 2 aromatic rings. The zero-order chi connectivity index (χ0) is 9.97. The van der Waals surface area contributed by atoms with Gasteiger partial charge in [-0.2, -0.15) is 0 Å². The highest BCUT2D eigenvalue weighted by molar-refractivity contribution is 5.90. The largest absolute Gasteiger partial charge is 0.496 e. The Morgan fingerprint density at radius 2 is 2.21 bits per heavy atom. The van der Waals surface area contributed by atoms with Crippen molar-refractivity contribution in [3.63, 3.8) is 0 Å². The van der Waals surface area contributed by atoms with E-state index in [0.717, 1.165) is 16.5 Å². The number of aliphatic hydroxyl groups is 1. The van der Waals surface area contributed by atoms with Crippen molar-refractivity contribution < 1.29 is 9.84 Å². The molecular formula is C11H11NO2. The summed E-state index contributed by atoms with van der Waals surface area (Å²) in [4.78, 5) is 4.10. The van der Waals surface area contributed by atoms with Gasteiger partial charge in [-0.05, 0) is 17.5 Å². The maximum absolute atomic E-state index is 9.14. The van der Waals surface area contributed by atoms with E-state index in [1.807, 2.05) is 24.3 Å². The standard InChI is InChI=1S/C11H11NO2/c1-14-10-4-2-3-8-5-6-12-9(7-13)11(8)10/h2-6,13H,7H2,1H3. The van der Waals surface area contributed by atoms with Gasteiger partial charge in [0.2, 0.25) is 0 Å². The topological polar surface area (TPSA) is 42.4 Å². The molecule has 2 rings (SSSR count). The number of ether oxygens (including phenoxy) is 1. The first-order chi connectivity index (χ1) is 6.86. The zero-order valence-electron chi connectivity index (χ0n) is 7.90. The highest BCUT2D eigenvalue weighted by Gasteiger charge is 2.06. The maximum atomic E-state index is 9.14. The highest BCUT2D eigenvalue weighted by atomic mass is 16.5. The Bertz CT molecular complexity index is 415. The van der Waals surface area contributed by atoms with Gasteiger partial charge in [-0.25, -0.2) is 0 Å². The summed E-state index contributed by atoms with van der Waals surface area (Å²) in [6, 6.07) is 7.65. The molecule has 0 bridgehead atoms. The summed E-state index contributed by atoms with van der Waals surface area (Å²) in [7, 11) is 1.61. The van der Waals surface area contributed by atoms with Crippen LogP contribution in [0.4, 0.5) is 0 Å². The van der Waals surface area contributed by atoms with Crippen LogP contribution >= 0.6 is 0 Å². The number of nitrogens with zero attached hydrogens (tertiary/aromatic N) is 1. The number of fused-ring (bicyclic) bond motifs is 1. The van der Waals surface area contributed by atoms with Crippen molar-refractivity contribution in [2.24, 2.45) is 0 Å². The number of hydrogen-bond donors (Lipinski definition) is 1. The summed E-state index contributed by atoms with van der Waals surface area (Å²) >= 11 is 0. The summed E-state index contributed by atoms with van der Waals surface area (Å²) in [5, 5.41) is 11.1. The van der Waals surface area contributed by atoms with Gasteiger partial charge in [0.25, 0.3) is 0 Å². The second kappa shape index (κ2) is 3.64. The second-order valence-electron chi connectivity index (χ2n) is 2.97. The minimum Gasteiger partial charge on any atom is -0.496 e. The molecule has 0 aliphatic heterocycles. The summed E-state index contributed by atoms with van der Waals surface area (Å²) in [5.74, 6) is 0.750. The lowest BCUT2D eigenvalue weighted by molar-refractivity contribution is 0.278. The molecule has 0 aliphatic carbocycles. The van der Waals surface area contributed by atoms with E-state index < -0.39 is 0 Å². The van der Waals surface area contributed by atoms with Crippen LogP contribution in [0.5, 0.6) is 5.75 Å². The average Bonchev–Trinajstić information content (AvgIpc) is 2.27. The molecule has 1 heterocycles. The molecule has 72 valence electrons. The summed E-state index contributed by atoms with van der Waals surface area (Å²) in [6.07, 6.45) is 1.69. The molecule has 1 aromatic carbocycles. The van der Waals surface area contributed by atoms with Crippen molar-refractivity contribution in [1.82, 2.24) is 4.98 Å². The van der Waals surface area contributed by atoms with E-state index in [9.17, 15) is 0 Å². The zero-order valence-corrected chi connectivity index (χ0v) is 7.90. The van der Waals surface area contributed by atoms with Crippen LogP contribution < -0.4 is 4.74 Å². The monoisotopic (exact) mass is 189 g/mol. The van der Waals surface area contributed by atoms with Crippen molar-refractivity contribution in [3.8, 4) is 5.75 Å². The highest BCUT2D eigenvalue weighted by Crippen LogP contribution is 2.27. The normalized spacial score (nSPS) is 10.4. The third-order valence-corrected chi connectivity index (χ3v) is 2.20. The Morgan fingerprint density at radius 3 is 2.93 bits per heavy atom. The van der Waals surface area contributed by atoms with E-state index in [-0.39, 0.29) is 6.61 Å². The van der Waals surface area contributed by atoms with Gasteiger partial charge in [-0.15, -0.1) is 0 Å². The Balaban J connectivity index is 2.81. The molecule has 0 amide bonds. The van der Waals surface area contributed by atoms with Crippen molar-refractivity contribution in [3.05, 3.63) is 36.2 Å². The molecule has 0 spiro atoms. The molecule has 0 saturated carbocycles. The fraction of sp³-hybridized carbons (Fsp3) is 0.182. The molecule has 3 nitrogen and oxygen atoms in total. The van der Waals surface area contributed by atoms with Gasteiger partial charge in [-0.3, -0.25) is 4.98 Å². The molecular weight excluding hydrogens is 178 g/mol. The van der Waals surface area contributed by atoms with Crippen LogP contribution in [0, 0.1) is 0 Å². The van der Waals surface area contributed by atoms with Gasteiger partial charge in [0, 0.05) is 11.6 Å². The molecule has 0 fully saturated rings. The third kappa shape index (κ3) is 1.32. The van der Waals surface area contributed by atoms with E-state index in [0.29, 0.717) is 5.69 Å². The minimum atomic E-state index is -0.0717. The smallest absolute Gasteiger partial charge is 0.128 e. The Labute approximate surface area is 82.0 Å². The molecule has 1 N–H and O–H groups in total. The first kappa shape index (κ1) is 8.97. The summed E-state index contributed by atoms with van der Waals surface area (Å²) in [6.45, 7) is -0.0717. The fourth-order valence-electron chi connectivity index (χ4n) is 1.56. The third-order valence-electron chi connectivity index (χ3n) is 2.20.